The minimum Gasteiger partial charge on any atom is -0.465 e. The molecule has 8 heteroatoms. The van der Waals surface area contributed by atoms with Gasteiger partial charge in [0.05, 0.1) is 19.1 Å². The Hall–Kier alpha value is -1.25. The van der Waals surface area contributed by atoms with E-state index >= 15 is 0 Å². The van der Waals surface area contributed by atoms with Crippen molar-refractivity contribution in [3.63, 3.8) is 0 Å². The van der Waals surface area contributed by atoms with Gasteiger partial charge in [-0.05, 0) is 6.07 Å². The van der Waals surface area contributed by atoms with Gasteiger partial charge in [-0.2, -0.15) is 0 Å². The van der Waals surface area contributed by atoms with Crippen molar-refractivity contribution in [2.45, 2.75) is 4.90 Å². The van der Waals surface area contributed by atoms with Gasteiger partial charge in [-0.15, -0.1) is 11.3 Å². The molecule has 1 rings (SSSR count). The lowest BCUT2D eigenvalue weighted by Crippen LogP contribution is -2.02. The number of hydrogen-bond donors (Lipinski definition) is 1. The quantitative estimate of drug-likeness (QED) is 0.644. The molecule has 0 aliphatic rings. The summed E-state index contributed by atoms with van der Waals surface area (Å²) in [6.45, 7) is 0. The zero-order valence-electron chi connectivity index (χ0n) is 8.38. The molecule has 0 saturated carbocycles. The first-order chi connectivity index (χ1) is 7.51. The zero-order valence-corrected chi connectivity index (χ0v) is 10.0. The summed E-state index contributed by atoms with van der Waals surface area (Å²) in [5.41, 5.74) is 0. The smallest absolute Gasteiger partial charge is 0.349 e. The summed E-state index contributed by atoms with van der Waals surface area (Å²) in [5.74, 6) is -1.44. The molecular weight excluding hydrogens is 256 g/mol. The van der Waals surface area contributed by atoms with E-state index in [1.807, 2.05) is 0 Å². The van der Waals surface area contributed by atoms with Crippen molar-refractivity contribution in [2.75, 3.05) is 14.2 Å². The number of esters is 2. The molecule has 0 aliphatic heterocycles. The highest BCUT2D eigenvalue weighted by Crippen LogP contribution is 2.26. The number of rotatable bonds is 3. The predicted molar refractivity (Wildman–Crippen MR) is 56.0 cm³/mol. The third-order valence-electron chi connectivity index (χ3n) is 1.64. The fourth-order valence-corrected chi connectivity index (χ4v) is 2.70. The first-order valence-corrected chi connectivity index (χ1v) is 5.85. The highest BCUT2D eigenvalue weighted by Gasteiger charge is 2.23. The van der Waals surface area contributed by atoms with E-state index in [4.69, 9.17) is 4.55 Å². The highest BCUT2D eigenvalue weighted by atomic mass is 32.2. The van der Waals surface area contributed by atoms with Crippen LogP contribution in [0.25, 0.3) is 0 Å². The second-order valence-corrected chi connectivity index (χ2v) is 4.53. The van der Waals surface area contributed by atoms with E-state index in [0.29, 0.717) is 0 Å². The highest BCUT2D eigenvalue weighted by molar-refractivity contribution is 7.79. The maximum absolute atomic E-state index is 11.3. The van der Waals surface area contributed by atoms with Crippen molar-refractivity contribution in [3.8, 4) is 0 Å². The molecule has 0 radical (unpaired) electrons. The summed E-state index contributed by atoms with van der Waals surface area (Å²) in [6.07, 6.45) is 0. The molecule has 0 aromatic carbocycles. The molecule has 1 atom stereocenters. The van der Waals surface area contributed by atoms with Crippen LogP contribution < -0.4 is 0 Å². The Kier molecular flexibility index (Phi) is 4.16. The van der Waals surface area contributed by atoms with Crippen molar-refractivity contribution >= 4 is 34.4 Å². The largest absolute Gasteiger partial charge is 0.465 e. The second kappa shape index (κ2) is 5.19. The zero-order chi connectivity index (χ0) is 12.3. The molecule has 0 amide bonds. The number of methoxy groups -OCH3 is 2. The third-order valence-corrected chi connectivity index (χ3v) is 3.57. The van der Waals surface area contributed by atoms with Crippen LogP contribution in [0, 0.1) is 0 Å². The topological polar surface area (TPSA) is 89.9 Å². The van der Waals surface area contributed by atoms with Gasteiger partial charge < -0.3 is 14.0 Å². The second-order valence-electron chi connectivity index (χ2n) is 2.54. The Morgan fingerprint density at radius 2 is 1.88 bits per heavy atom. The van der Waals surface area contributed by atoms with E-state index in [1.54, 1.807) is 0 Å². The lowest BCUT2D eigenvalue weighted by atomic mass is 10.4. The van der Waals surface area contributed by atoms with Crippen molar-refractivity contribution in [1.29, 1.82) is 0 Å². The van der Waals surface area contributed by atoms with E-state index in [9.17, 15) is 13.8 Å². The Balaban J connectivity index is 3.25. The summed E-state index contributed by atoms with van der Waals surface area (Å²) in [5, 5.41) is 0. The Labute approximate surface area is 97.5 Å². The molecule has 88 valence electrons. The van der Waals surface area contributed by atoms with Crippen LogP contribution in [0.15, 0.2) is 11.0 Å². The number of carbonyl (C=O) groups excluding carboxylic acids is 2. The monoisotopic (exact) mass is 264 g/mol. The molecular formula is C8H8O6S2. The number of thiophene rings is 1. The van der Waals surface area contributed by atoms with Gasteiger partial charge in [-0.1, -0.05) is 0 Å². The molecule has 1 unspecified atom stereocenters. The van der Waals surface area contributed by atoms with E-state index in [2.05, 4.69) is 9.47 Å². The van der Waals surface area contributed by atoms with Gasteiger partial charge in [-0.3, -0.25) is 0 Å². The van der Waals surface area contributed by atoms with Gasteiger partial charge in [0.1, 0.15) is 9.75 Å². The van der Waals surface area contributed by atoms with Gasteiger partial charge in [0, 0.05) is 0 Å². The standard InChI is InChI=1S/C8H8O6S2/c1-13-7(9)4-3-5(16(11)12)6(15-4)8(10)14-2/h3H,1-2H3,(H,11,12). The molecule has 16 heavy (non-hydrogen) atoms. The summed E-state index contributed by atoms with van der Waals surface area (Å²) in [6, 6.07) is 1.14. The van der Waals surface area contributed by atoms with Gasteiger partial charge in [-0.25, -0.2) is 13.8 Å². The van der Waals surface area contributed by atoms with Crippen molar-refractivity contribution in [2.24, 2.45) is 0 Å². The number of hydrogen-bond acceptors (Lipinski definition) is 6. The summed E-state index contributed by atoms with van der Waals surface area (Å²) < 4.78 is 28.7. The molecule has 0 spiro atoms. The minimum atomic E-state index is -2.36. The molecule has 1 aromatic rings. The maximum atomic E-state index is 11.3. The number of ether oxygens (including phenoxy) is 2. The lowest BCUT2D eigenvalue weighted by Gasteiger charge is -1.96. The van der Waals surface area contributed by atoms with Crippen molar-refractivity contribution in [3.05, 3.63) is 15.8 Å². The van der Waals surface area contributed by atoms with Crippen LogP contribution in [0.2, 0.25) is 0 Å². The van der Waals surface area contributed by atoms with Gasteiger partial charge in [0.25, 0.3) is 0 Å². The van der Waals surface area contributed by atoms with Crippen molar-refractivity contribution < 1.29 is 27.8 Å². The van der Waals surface area contributed by atoms with E-state index < -0.39 is 23.0 Å². The van der Waals surface area contributed by atoms with Crippen LogP contribution in [0.4, 0.5) is 0 Å². The summed E-state index contributed by atoms with van der Waals surface area (Å²) in [4.78, 5) is 22.3. The maximum Gasteiger partial charge on any atom is 0.349 e. The van der Waals surface area contributed by atoms with Gasteiger partial charge in [0.2, 0.25) is 0 Å². The van der Waals surface area contributed by atoms with Crippen LogP contribution >= 0.6 is 11.3 Å². The molecule has 0 fully saturated rings. The van der Waals surface area contributed by atoms with E-state index in [0.717, 1.165) is 24.5 Å². The molecule has 1 N–H and O–H groups in total. The first-order valence-electron chi connectivity index (χ1n) is 3.92. The van der Waals surface area contributed by atoms with Crippen LogP contribution in [0.3, 0.4) is 0 Å². The predicted octanol–water partition coefficient (Wildman–Crippen LogP) is 0.902. The summed E-state index contributed by atoms with van der Waals surface area (Å²) in [7, 11) is 2.32. The average Bonchev–Trinajstić information content (AvgIpc) is 2.71. The van der Waals surface area contributed by atoms with E-state index in [-0.39, 0.29) is 14.6 Å². The Morgan fingerprint density at radius 1 is 1.31 bits per heavy atom. The van der Waals surface area contributed by atoms with Crippen LogP contribution in [-0.4, -0.2) is 34.9 Å². The molecule has 1 aromatic heterocycles. The van der Waals surface area contributed by atoms with Crippen LogP contribution in [0.5, 0.6) is 0 Å². The Morgan fingerprint density at radius 3 is 2.31 bits per heavy atom. The van der Waals surface area contributed by atoms with Crippen LogP contribution in [0.1, 0.15) is 19.3 Å². The third kappa shape index (κ3) is 2.46. The SMILES string of the molecule is COC(=O)c1cc(S(=O)O)c(C(=O)OC)s1. The molecule has 0 bridgehead atoms. The fraction of sp³-hybridized carbons (Fsp3) is 0.250. The molecule has 0 aliphatic carbocycles. The molecule has 0 saturated heterocycles. The van der Waals surface area contributed by atoms with Crippen molar-refractivity contribution in [1.82, 2.24) is 0 Å². The van der Waals surface area contributed by atoms with E-state index in [1.165, 1.54) is 7.11 Å². The lowest BCUT2D eigenvalue weighted by molar-refractivity contribution is 0.0596. The first kappa shape index (κ1) is 12.8. The Bertz CT molecular complexity index is 449. The van der Waals surface area contributed by atoms with Crippen LogP contribution in [-0.2, 0) is 20.6 Å². The average molecular weight is 264 g/mol. The normalized spacial score (nSPS) is 11.9. The molecule has 1 heterocycles. The number of carbonyl (C=O) groups is 2. The molecule has 6 nitrogen and oxygen atoms in total. The van der Waals surface area contributed by atoms with Gasteiger partial charge in [0.15, 0.2) is 11.1 Å². The fourth-order valence-electron chi connectivity index (χ4n) is 0.940. The van der Waals surface area contributed by atoms with Gasteiger partial charge >= 0.3 is 11.9 Å². The minimum absolute atomic E-state index is 0.0697. The summed E-state index contributed by atoms with van der Waals surface area (Å²) >= 11 is -1.61.